The lowest BCUT2D eigenvalue weighted by Crippen LogP contribution is -2.26. The minimum atomic E-state index is 0.0973. The zero-order valence-corrected chi connectivity index (χ0v) is 8.35. The molecule has 1 heterocycles. The molecule has 0 aromatic carbocycles. The maximum absolute atomic E-state index is 5.92. The minimum absolute atomic E-state index is 0.0973. The Morgan fingerprint density at radius 1 is 1.27 bits per heavy atom. The fraction of sp³-hybridized carbons (Fsp3) is 1.00. The van der Waals surface area contributed by atoms with E-state index in [1.54, 1.807) is 0 Å². The molecule has 1 aliphatic rings. The lowest BCUT2D eigenvalue weighted by molar-refractivity contribution is -0.0318. The Balaban J connectivity index is 2.69. The van der Waals surface area contributed by atoms with E-state index in [0.29, 0.717) is 12.0 Å². The van der Waals surface area contributed by atoms with Gasteiger partial charge in [0.25, 0.3) is 0 Å². The third-order valence-corrected chi connectivity index (χ3v) is 3.33. The summed E-state index contributed by atoms with van der Waals surface area (Å²) in [7, 11) is 0. The van der Waals surface area contributed by atoms with Crippen LogP contribution in [0.5, 0.6) is 0 Å². The van der Waals surface area contributed by atoms with Crippen LogP contribution in [-0.4, -0.2) is 11.7 Å². The largest absolute Gasteiger partial charge is 0.372 e. The molecule has 0 amide bonds. The van der Waals surface area contributed by atoms with Gasteiger partial charge in [0.15, 0.2) is 0 Å². The van der Waals surface area contributed by atoms with Crippen molar-refractivity contribution < 1.29 is 4.74 Å². The summed E-state index contributed by atoms with van der Waals surface area (Å²) in [5.41, 5.74) is 0.0973. The van der Waals surface area contributed by atoms with Crippen molar-refractivity contribution in [2.45, 2.75) is 52.7 Å². The van der Waals surface area contributed by atoms with E-state index in [0.717, 1.165) is 12.3 Å². The number of hydrogen-bond donors (Lipinski definition) is 0. The summed E-state index contributed by atoms with van der Waals surface area (Å²) >= 11 is 0. The second-order valence-electron chi connectivity index (χ2n) is 4.32. The molecule has 3 unspecified atom stereocenters. The molecule has 1 rings (SSSR count). The number of hydrogen-bond acceptors (Lipinski definition) is 1. The predicted molar refractivity (Wildman–Crippen MR) is 47.6 cm³/mol. The summed E-state index contributed by atoms with van der Waals surface area (Å²) in [5.74, 6) is 1.41. The van der Waals surface area contributed by atoms with Gasteiger partial charge in [0.2, 0.25) is 0 Å². The molecule has 0 aromatic rings. The molecule has 0 aromatic heterocycles. The van der Waals surface area contributed by atoms with Gasteiger partial charge in [0.05, 0.1) is 11.7 Å². The normalized spacial score (nSPS) is 42.8. The first-order chi connectivity index (χ1) is 4.99. The zero-order chi connectivity index (χ0) is 8.65. The van der Waals surface area contributed by atoms with Crippen LogP contribution in [0.25, 0.3) is 0 Å². The van der Waals surface area contributed by atoms with E-state index < -0.39 is 0 Å². The van der Waals surface area contributed by atoms with Crippen LogP contribution in [-0.2, 0) is 4.74 Å². The van der Waals surface area contributed by atoms with Crippen LogP contribution in [0.2, 0.25) is 0 Å². The van der Waals surface area contributed by atoms with Crippen LogP contribution in [0.4, 0.5) is 0 Å². The Bertz CT molecular complexity index is 140. The van der Waals surface area contributed by atoms with Crippen molar-refractivity contribution in [2.24, 2.45) is 11.8 Å². The van der Waals surface area contributed by atoms with E-state index >= 15 is 0 Å². The van der Waals surface area contributed by atoms with Crippen molar-refractivity contribution in [3.05, 3.63) is 0 Å². The average Bonchev–Trinajstić information content (AvgIpc) is 2.13. The maximum atomic E-state index is 5.92. The first-order valence-corrected chi connectivity index (χ1v) is 4.67. The topological polar surface area (TPSA) is 9.23 Å². The highest BCUT2D eigenvalue weighted by molar-refractivity contribution is 4.91. The van der Waals surface area contributed by atoms with Crippen molar-refractivity contribution in [1.82, 2.24) is 0 Å². The highest BCUT2D eigenvalue weighted by Gasteiger charge is 2.43. The molecule has 0 aliphatic carbocycles. The molecule has 0 radical (unpaired) electrons. The summed E-state index contributed by atoms with van der Waals surface area (Å²) < 4.78 is 5.92. The van der Waals surface area contributed by atoms with Gasteiger partial charge in [0, 0.05) is 0 Å². The molecular weight excluding hydrogens is 136 g/mol. The third-order valence-electron chi connectivity index (χ3n) is 3.33. The van der Waals surface area contributed by atoms with Crippen LogP contribution in [0, 0.1) is 11.8 Å². The lowest BCUT2D eigenvalue weighted by Gasteiger charge is -2.23. The molecule has 0 N–H and O–H groups in total. The fourth-order valence-electron chi connectivity index (χ4n) is 2.01. The van der Waals surface area contributed by atoms with Crippen LogP contribution in [0.15, 0.2) is 0 Å². The lowest BCUT2D eigenvalue weighted by atomic mass is 9.83. The Morgan fingerprint density at radius 3 is 2.00 bits per heavy atom. The second kappa shape index (κ2) is 2.78. The number of ether oxygens (including phenoxy) is 1. The Hall–Kier alpha value is -0.0400. The van der Waals surface area contributed by atoms with Gasteiger partial charge in [-0.15, -0.1) is 0 Å². The van der Waals surface area contributed by atoms with E-state index in [-0.39, 0.29) is 5.60 Å². The van der Waals surface area contributed by atoms with E-state index in [9.17, 15) is 0 Å². The quantitative estimate of drug-likeness (QED) is 0.567. The summed E-state index contributed by atoms with van der Waals surface area (Å²) in [5, 5.41) is 0. The molecule has 0 saturated carbocycles. The van der Waals surface area contributed by atoms with Gasteiger partial charge in [-0.2, -0.15) is 0 Å². The van der Waals surface area contributed by atoms with Crippen molar-refractivity contribution in [2.75, 3.05) is 0 Å². The highest BCUT2D eigenvalue weighted by atomic mass is 16.5. The van der Waals surface area contributed by atoms with Crippen molar-refractivity contribution >= 4 is 0 Å². The Morgan fingerprint density at radius 2 is 1.82 bits per heavy atom. The van der Waals surface area contributed by atoms with Gasteiger partial charge in [0.1, 0.15) is 0 Å². The first-order valence-electron chi connectivity index (χ1n) is 4.67. The Labute approximate surface area is 70.1 Å². The monoisotopic (exact) mass is 156 g/mol. The van der Waals surface area contributed by atoms with Crippen LogP contribution in [0.1, 0.15) is 41.0 Å². The third kappa shape index (κ3) is 1.44. The standard InChI is InChI=1S/C10H20O/c1-6-9-7(2)8(3)10(4,5)11-9/h7-9H,6H2,1-5H3. The SMILES string of the molecule is CCC1OC(C)(C)C(C)C1C. The van der Waals surface area contributed by atoms with Gasteiger partial charge in [-0.1, -0.05) is 20.8 Å². The van der Waals surface area contributed by atoms with Crippen molar-refractivity contribution in [1.29, 1.82) is 0 Å². The van der Waals surface area contributed by atoms with E-state index in [4.69, 9.17) is 4.74 Å². The van der Waals surface area contributed by atoms with Gasteiger partial charge < -0.3 is 4.74 Å². The summed E-state index contributed by atoms with van der Waals surface area (Å²) in [6.07, 6.45) is 1.63. The molecular formula is C10H20O. The average molecular weight is 156 g/mol. The smallest absolute Gasteiger partial charge is 0.0659 e. The molecule has 11 heavy (non-hydrogen) atoms. The summed E-state index contributed by atoms with van der Waals surface area (Å²) in [6, 6.07) is 0. The Kier molecular flexibility index (Phi) is 2.29. The second-order valence-corrected chi connectivity index (χ2v) is 4.32. The summed E-state index contributed by atoms with van der Waals surface area (Å²) in [6.45, 7) is 11.2. The zero-order valence-electron chi connectivity index (χ0n) is 8.35. The van der Waals surface area contributed by atoms with Crippen LogP contribution in [0.3, 0.4) is 0 Å². The number of rotatable bonds is 1. The molecule has 3 atom stereocenters. The highest BCUT2D eigenvalue weighted by Crippen LogP contribution is 2.40. The molecule has 0 spiro atoms. The van der Waals surface area contributed by atoms with E-state index in [2.05, 4.69) is 34.6 Å². The molecule has 1 fully saturated rings. The van der Waals surface area contributed by atoms with E-state index in [1.165, 1.54) is 0 Å². The van der Waals surface area contributed by atoms with Crippen LogP contribution >= 0.6 is 0 Å². The van der Waals surface area contributed by atoms with Crippen molar-refractivity contribution in [3.8, 4) is 0 Å². The first kappa shape index (κ1) is 9.05. The van der Waals surface area contributed by atoms with Gasteiger partial charge in [-0.25, -0.2) is 0 Å². The van der Waals surface area contributed by atoms with Crippen molar-refractivity contribution in [3.63, 3.8) is 0 Å². The minimum Gasteiger partial charge on any atom is -0.372 e. The maximum Gasteiger partial charge on any atom is 0.0659 e. The summed E-state index contributed by atoms with van der Waals surface area (Å²) in [4.78, 5) is 0. The van der Waals surface area contributed by atoms with E-state index in [1.807, 2.05) is 0 Å². The molecule has 1 nitrogen and oxygen atoms in total. The van der Waals surface area contributed by atoms with Gasteiger partial charge in [-0.05, 0) is 32.1 Å². The molecule has 1 saturated heterocycles. The molecule has 0 bridgehead atoms. The van der Waals surface area contributed by atoms with Gasteiger partial charge in [-0.3, -0.25) is 0 Å². The molecule has 1 aliphatic heterocycles. The fourth-order valence-corrected chi connectivity index (χ4v) is 2.01. The predicted octanol–water partition coefficient (Wildman–Crippen LogP) is 2.85. The van der Waals surface area contributed by atoms with Gasteiger partial charge >= 0.3 is 0 Å². The molecule has 1 heteroatoms. The molecule has 66 valence electrons. The van der Waals surface area contributed by atoms with Crippen LogP contribution < -0.4 is 0 Å².